The molecule has 1 N–H and O–H groups in total. The molecule has 0 aliphatic carbocycles. The van der Waals surface area contributed by atoms with Gasteiger partial charge in [-0.2, -0.15) is 0 Å². The molecule has 2 aliphatic heterocycles. The first-order valence-corrected chi connectivity index (χ1v) is 10.3. The van der Waals surface area contributed by atoms with Gasteiger partial charge in [0.05, 0.1) is 6.67 Å². The molecule has 0 aromatic heterocycles. The van der Waals surface area contributed by atoms with Crippen LogP contribution in [0, 0.1) is 0 Å². The summed E-state index contributed by atoms with van der Waals surface area (Å²) in [5, 5.41) is 2.81. The summed E-state index contributed by atoms with van der Waals surface area (Å²) in [7, 11) is 0. The number of urea groups is 1. The number of benzene rings is 2. The van der Waals surface area contributed by atoms with E-state index in [1.54, 1.807) is 6.92 Å². The number of anilines is 1. The van der Waals surface area contributed by atoms with E-state index in [1.165, 1.54) is 4.90 Å². The third kappa shape index (κ3) is 4.36. The molecule has 2 fully saturated rings. The number of Topliss-reactive ketones (excluding diaryl/α,β-unsaturated/α-hetero) is 1. The minimum atomic E-state index is -0.499. The highest BCUT2D eigenvalue weighted by atomic mass is 16.2. The molecule has 2 aromatic rings. The summed E-state index contributed by atoms with van der Waals surface area (Å²) in [5.41, 5.74) is 2.82. The number of nitrogens with zero attached hydrogens (tertiary/aromatic N) is 3. The van der Waals surface area contributed by atoms with E-state index in [4.69, 9.17) is 0 Å². The molecule has 2 saturated heterocycles. The number of nitrogens with one attached hydrogen (secondary N) is 1. The van der Waals surface area contributed by atoms with Gasteiger partial charge in [0.2, 0.25) is 0 Å². The fourth-order valence-electron chi connectivity index (χ4n) is 3.95. The Morgan fingerprint density at radius 1 is 0.967 bits per heavy atom. The number of hydrogen-bond donors (Lipinski definition) is 1. The van der Waals surface area contributed by atoms with Gasteiger partial charge in [0, 0.05) is 43.9 Å². The van der Waals surface area contributed by atoms with Crippen LogP contribution in [0.15, 0.2) is 54.6 Å². The Bertz CT molecular complexity index is 921. The van der Waals surface area contributed by atoms with Gasteiger partial charge in [-0.15, -0.1) is 0 Å². The highest BCUT2D eigenvalue weighted by molar-refractivity contribution is 6.04. The molecule has 7 heteroatoms. The molecule has 156 valence electrons. The maximum atomic E-state index is 12.7. The summed E-state index contributed by atoms with van der Waals surface area (Å²) in [6, 6.07) is 16.5. The number of ketones is 1. The number of hydrogen-bond acceptors (Lipinski definition) is 5. The van der Waals surface area contributed by atoms with Crippen LogP contribution in [-0.4, -0.2) is 66.4 Å². The summed E-state index contributed by atoms with van der Waals surface area (Å²) >= 11 is 0. The van der Waals surface area contributed by atoms with Crippen molar-refractivity contribution in [1.29, 1.82) is 0 Å². The fourth-order valence-corrected chi connectivity index (χ4v) is 3.95. The van der Waals surface area contributed by atoms with Crippen LogP contribution >= 0.6 is 0 Å². The van der Waals surface area contributed by atoms with Gasteiger partial charge in [-0.05, 0) is 36.8 Å². The first-order chi connectivity index (χ1) is 14.5. The summed E-state index contributed by atoms with van der Waals surface area (Å²) in [4.78, 5) is 42.2. The maximum Gasteiger partial charge on any atom is 0.325 e. The van der Waals surface area contributed by atoms with Crippen molar-refractivity contribution < 1.29 is 14.4 Å². The molecule has 2 heterocycles. The zero-order valence-corrected chi connectivity index (χ0v) is 17.1. The van der Waals surface area contributed by atoms with E-state index < -0.39 is 6.04 Å². The van der Waals surface area contributed by atoms with E-state index in [0.29, 0.717) is 18.7 Å². The van der Waals surface area contributed by atoms with Gasteiger partial charge < -0.3 is 10.2 Å². The molecule has 0 radical (unpaired) electrons. The minimum absolute atomic E-state index is 0.0606. The van der Waals surface area contributed by atoms with Gasteiger partial charge in [-0.1, -0.05) is 30.3 Å². The highest BCUT2D eigenvalue weighted by Crippen LogP contribution is 2.19. The van der Waals surface area contributed by atoms with E-state index in [2.05, 4.69) is 15.1 Å². The number of imide groups is 1. The van der Waals surface area contributed by atoms with Gasteiger partial charge in [-0.25, -0.2) is 9.69 Å². The molecule has 4 rings (SSSR count). The summed E-state index contributed by atoms with van der Waals surface area (Å²) in [5.74, 6) is -0.100. The summed E-state index contributed by atoms with van der Waals surface area (Å²) in [6.07, 6.45) is 0.506. The van der Waals surface area contributed by atoms with Crippen LogP contribution in [0.3, 0.4) is 0 Å². The second-order valence-corrected chi connectivity index (χ2v) is 7.81. The SMILES string of the molecule is CC(=O)c1ccc(N2CCN(CN3C(=O)N[C@@H](Cc4ccccc4)C3=O)CC2)cc1. The van der Waals surface area contributed by atoms with Crippen molar-refractivity contribution in [3.05, 3.63) is 65.7 Å². The molecule has 0 spiro atoms. The Morgan fingerprint density at radius 2 is 1.63 bits per heavy atom. The highest BCUT2D eigenvalue weighted by Gasteiger charge is 2.38. The Morgan fingerprint density at radius 3 is 2.27 bits per heavy atom. The lowest BCUT2D eigenvalue weighted by atomic mass is 10.1. The van der Waals surface area contributed by atoms with Gasteiger partial charge in [-0.3, -0.25) is 14.5 Å². The standard InChI is InChI=1S/C23H26N4O3/c1-17(28)19-7-9-20(10-8-19)26-13-11-25(12-14-26)16-27-22(29)21(24-23(27)30)15-18-5-3-2-4-6-18/h2-10,21H,11-16H2,1H3,(H,24,30)/t21-/m0/s1. The summed E-state index contributed by atoms with van der Waals surface area (Å²) < 4.78 is 0. The third-order valence-corrected chi connectivity index (χ3v) is 5.74. The molecule has 2 aromatic carbocycles. The lowest BCUT2D eigenvalue weighted by Gasteiger charge is -2.37. The predicted octanol–water partition coefficient (Wildman–Crippen LogP) is 2.13. The first-order valence-electron chi connectivity index (χ1n) is 10.3. The van der Waals surface area contributed by atoms with Crippen LogP contribution in [0.1, 0.15) is 22.8 Å². The van der Waals surface area contributed by atoms with Crippen molar-refractivity contribution >= 4 is 23.4 Å². The zero-order chi connectivity index (χ0) is 21.1. The molecule has 3 amide bonds. The lowest BCUT2D eigenvalue weighted by Crippen LogP contribution is -2.51. The van der Waals surface area contributed by atoms with Crippen molar-refractivity contribution in [2.75, 3.05) is 37.7 Å². The van der Waals surface area contributed by atoms with Crippen molar-refractivity contribution in [3.8, 4) is 0 Å². The fraction of sp³-hybridized carbons (Fsp3) is 0.348. The number of rotatable bonds is 6. The lowest BCUT2D eigenvalue weighted by molar-refractivity contribution is -0.129. The maximum absolute atomic E-state index is 12.7. The van der Waals surface area contributed by atoms with Crippen LogP contribution in [0.5, 0.6) is 0 Å². The minimum Gasteiger partial charge on any atom is -0.369 e. The number of piperazine rings is 1. The average Bonchev–Trinajstić information content (AvgIpc) is 3.02. The number of amides is 3. The predicted molar refractivity (Wildman–Crippen MR) is 114 cm³/mol. The first kappa shape index (κ1) is 20.1. The molecule has 0 saturated carbocycles. The van der Waals surface area contributed by atoms with Crippen molar-refractivity contribution in [1.82, 2.24) is 15.1 Å². The Hall–Kier alpha value is -3.19. The van der Waals surface area contributed by atoms with E-state index in [0.717, 1.165) is 37.4 Å². The van der Waals surface area contributed by atoms with E-state index >= 15 is 0 Å². The molecule has 30 heavy (non-hydrogen) atoms. The average molecular weight is 406 g/mol. The normalized spacial score (nSPS) is 19.8. The Labute approximate surface area is 176 Å². The van der Waals surface area contributed by atoms with Crippen molar-refractivity contribution in [2.45, 2.75) is 19.4 Å². The zero-order valence-electron chi connectivity index (χ0n) is 17.1. The van der Waals surface area contributed by atoms with E-state index in [9.17, 15) is 14.4 Å². The Kier molecular flexibility index (Phi) is 5.81. The van der Waals surface area contributed by atoms with Crippen molar-refractivity contribution in [3.63, 3.8) is 0 Å². The number of carbonyl (C=O) groups is 3. The third-order valence-electron chi connectivity index (χ3n) is 5.74. The molecule has 2 aliphatic rings. The van der Waals surface area contributed by atoms with Crippen LogP contribution in [0.4, 0.5) is 10.5 Å². The van der Waals surface area contributed by atoms with Crippen molar-refractivity contribution in [2.24, 2.45) is 0 Å². The molecule has 1 atom stereocenters. The molecular weight excluding hydrogens is 380 g/mol. The number of carbonyl (C=O) groups excluding carboxylic acids is 3. The molecule has 7 nitrogen and oxygen atoms in total. The topological polar surface area (TPSA) is 73.0 Å². The quantitative estimate of drug-likeness (QED) is 0.588. The van der Waals surface area contributed by atoms with E-state index in [-0.39, 0.29) is 17.7 Å². The van der Waals surface area contributed by atoms with Crippen LogP contribution in [-0.2, 0) is 11.2 Å². The largest absolute Gasteiger partial charge is 0.369 e. The molecule has 0 bridgehead atoms. The molecule has 0 unspecified atom stereocenters. The van der Waals surface area contributed by atoms with E-state index in [1.807, 2.05) is 54.6 Å². The van der Waals surface area contributed by atoms with Crippen LogP contribution in [0.25, 0.3) is 0 Å². The van der Waals surface area contributed by atoms with Gasteiger partial charge >= 0.3 is 6.03 Å². The monoisotopic (exact) mass is 406 g/mol. The smallest absolute Gasteiger partial charge is 0.325 e. The molecular formula is C23H26N4O3. The second-order valence-electron chi connectivity index (χ2n) is 7.81. The van der Waals surface area contributed by atoms with Gasteiger partial charge in [0.1, 0.15) is 6.04 Å². The van der Waals surface area contributed by atoms with Gasteiger partial charge in [0.25, 0.3) is 5.91 Å². The van der Waals surface area contributed by atoms with Crippen LogP contribution in [0.2, 0.25) is 0 Å². The van der Waals surface area contributed by atoms with Gasteiger partial charge in [0.15, 0.2) is 5.78 Å². The summed E-state index contributed by atoms with van der Waals surface area (Å²) in [6.45, 7) is 5.00. The second kappa shape index (κ2) is 8.67. The Balaban J connectivity index is 1.30. The van der Waals surface area contributed by atoms with Crippen LogP contribution < -0.4 is 10.2 Å².